The first-order chi connectivity index (χ1) is 15.2. The Morgan fingerprint density at radius 3 is 2.58 bits per heavy atom. The molecule has 31 heavy (non-hydrogen) atoms. The molecule has 0 spiro atoms. The number of hydrogen-bond acceptors (Lipinski definition) is 7. The fourth-order valence-electron chi connectivity index (χ4n) is 3.27. The number of rotatable bonds is 8. The van der Waals surface area contributed by atoms with Gasteiger partial charge in [0.1, 0.15) is 12.3 Å². The molecule has 1 fully saturated rings. The maximum Gasteiger partial charge on any atom is 0.275 e. The third kappa shape index (κ3) is 5.43. The predicted molar refractivity (Wildman–Crippen MR) is 114 cm³/mol. The lowest BCUT2D eigenvalue weighted by Crippen LogP contribution is -2.25. The smallest absolute Gasteiger partial charge is 0.275 e. The summed E-state index contributed by atoms with van der Waals surface area (Å²) in [5.41, 5.74) is 1.33. The number of nitrogens with one attached hydrogen (secondary N) is 3. The van der Waals surface area contributed by atoms with Gasteiger partial charge in [-0.2, -0.15) is 5.10 Å². The number of pyridine rings is 2. The molecule has 0 unspecified atom stereocenters. The first kappa shape index (κ1) is 20.5. The van der Waals surface area contributed by atoms with Crippen molar-refractivity contribution in [1.82, 2.24) is 25.1 Å². The quantitative estimate of drug-likeness (QED) is 0.509. The topological polar surface area (TPSA) is 125 Å². The lowest BCUT2D eigenvalue weighted by molar-refractivity contribution is 0.102. The highest BCUT2D eigenvalue weighted by Crippen LogP contribution is 2.17. The number of H-pyrrole nitrogens is 1. The van der Waals surface area contributed by atoms with Crippen molar-refractivity contribution in [2.45, 2.75) is 12.8 Å². The van der Waals surface area contributed by atoms with Crippen LogP contribution >= 0.6 is 0 Å². The second kappa shape index (κ2) is 9.81. The Morgan fingerprint density at radius 1 is 1.03 bits per heavy atom. The van der Waals surface area contributed by atoms with Crippen LogP contribution in [0.5, 0.6) is 5.88 Å². The van der Waals surface area contributed by atoms with Crippen molar-refractivity contribution in [1.29, 1.82) is 0 Å². The van der Waals surface area contributed by atoms with E-state index in [0.29, 0.717) is 23.7 Å². The Labute approximate surface area is 179 Å². The molecule has 0 atom stereocenters. The van der Waals surface area contributed by atoms with E-state index in [1.807, 2.05) is 0 Å². The second-order valence-electron chi connectivity index (χ2n) is 7.09. The maximum absolute atomic E-state index is 12.6. The lowest BCUT2D eigenvalue weighted by Gasteiger charge is -2.14. The molecule has 0 bridgehead atoms. The van der Waals surface area contributed by atoms with Crippen LogP contribution in [0.1, 0.15) is 33.7 Å². The Hall–Kier alpha value is -3.79. The molecule has 4 rings (SSSR count). The summed E-state index contributed by atoms with van der Waals surface area (Å²) < 4.78 is 5.67. The summed E-state index contributed by atoms with van der Waals surface area (Å²) in [6.45, 7) is 3.71. The number of aromatic amines is 1. The molecular formula is C21H23N7O3. The minimum absolute atomic E-state index is 0.133. The Bertz CT molecular complexity index is 1010. The van der Waals surface area contributed by atoms with Crippen molar-refractivity contribution in [2.24, 2.45) is 0 Å². The molecule has 4 heterocycles. The third-order valence-corrected chi connectivity index (χ3v) is 4.91. The Morgan fingerprint density at radius 2 is 1.84 bits per heavy atom. The number of amides is 2. The van der Waals surface area contributed by atoms with Gasteiger partial charge in [-0.3, -0.25) is 24.6 Å². The standard InChI is InChI=1S/C21H23N7O3/c29-20(15-5-7-22-8-6-15)26-17-14-24-27-19(17)21(30)25-16-3-4-18(23-13-16)31-12-11-28-9-1-2-10-28/h3-8,13-14H,1-2,9-12H2,(H,24,27)(H,25,30)(H,26,29). The molecule has 3 aromatic rings. The summed E-state index contributed by atoms with van der Waals surface area (Å²) in [6.07, 6.45) is 8.43. The third-order valence-electron chi connectivity index (χ3n) is 4.91. The summed E-state index contributed by atoms with van der Waals surface area (Å²) in [4.78, 5) is 35.4. The van der Waals surface area contributed by atoms with Crippen LogP contribution in [0.15, 0.2) is 49.1 Å². The minimum atomic E-state index is -0.452. The summed E-state index contributed by atoms with van der Waals surface area (Å²) in [6, 6.07) is 6.57. The van der Waals surface area contributed by atoms with Gasteiger partial charge in [0.05, 0.1) is 23.8 Å². The maximum atomic E-state index is 12.6. The first-order valence-corrected chi connectivity index (χ1v) is 10.1. The molecule has 0 aromatic carbocycles. The van der Waals surface area contributed by atoms with E-state index in [9.17, 15) is 9.59 Å². The van der Waals surface area contributed by atoms with Gasteiger partial charge in [0.25, 0.3) is 11.8 Å². The fraction of sp³-hybridized carbons (Fsp3) is 0.286. The van der Waals surface area contributed by atoms with E-state index in [2.05, 4.69) is 35.7 Å². The molecule has 0 aliphatic carbocycles. The highest BCUT2D eigenvalue weighted by Gasteiger charge is 2.17. The zero-order valence-electron chi connectivity index (χ0n) is 16.9. The van der Waals surface area contributed by atoms with Gasteiger partial charge in [0.2, 0.25) is 5.88 Å². The van der Waals surface area contributed by atoms with Crippen LogP contribution in [0.25, 0.3) is 0 Å². The van der Waals surface area contributed by atoms with E-state index in [-0.39, 0.29) is 17.3 Å². The molecule has 160 valence electrons. The molecule has 2 amide bonds. The molecule has 1 aliphatic rings. The Balaban J connectivity index is 1.31. The number of carbonyl (C=O) groups is 2. The van der Waals surface area contributed by atoms with Gasteiger partial charge >= 0.3 is 0 Å². The van der Waals surface area contributed by atoms with Gasteiger partial charge in [-0.15, -0.1) is 0 Å². The van der Waals surface area contributed by atoms with Gasteiger partial charge < -0.3 is 15.4 Å². The van der Waals surface area contributed by atoms with Crippen LogP contribution in [0.3, 0.4) is 0 Å². The van der Waals surface area contributed by atoms with Gasteiger partial charge in [-0.25, -0.2) is 4.98 Å². The first-order valence-electron chi connectivity index (χ1n) is 10.1. The summed E-state index contributed by atoms with van der Waals surface area (Å²) in [5.74, 6) is -0.314. The average Bonchev–Trinajstić information content (AvgIpc) is 3.48. The number of anilines is 2. The number of likely N-dealkylation sites (tertiary alicyclic amines) is 1. The van der Waals surface area contributed by atoms with E-state index in [4.69, 9.17) is 4.74 Å². The lowest BCUT2D eigenvalue weighted by atomic mass is 10.2. The van der Waals surface area contributed by atoms with E-state index < -0.39 is 5.91 Å². The zero-order chi connectivity index (χ0) is 21.5. The highest BCUT2D eigenvalue weighted by atomic mass is 16.5. The second-order valence-corrected chi connectivity index (χ2v) is 7.09. The van der Waals surface area contributed by atoms with Gasteiger partial charge in [-0.1, -0.05) is 0 Å². The van der Waals surface area contributed by atoms with Crippen LogP contribution in [0, 0.1) is 0 Å². The van der Waals surface area contributed by atoms with Crippen LogP contribution in [0.4, 0.5) is 11.4 Å². The van der Waals surface area contributed by atoms with E-state index in [1.54, 1.807) is 24.3 Å². The van der Waals surface area contributed by atoms with E-state index in [1.165, 1.54) is 37.6 Å². The molecule has 0 saturated carbocycles. The van der Waals surface area contributed by atoms with Crippen molar-refractivity contribution in [3.63, 3.8) is 0 Å². The number of carbonyl (C=O) groups excluding carboxylic acids is 2. The fourth-order valence-corrected chi connectivity index (χ4v) is 3.27. The molecule has 10 nitrogen and oxygen atoms in total. The van der Waals surface area contributed by atoms with Crippen LogP contribution in [-0.2, 0) is 0 Å². The summed E-state index contributed by atoms with van der Waals surface area (Å²) >= 11 is 0. The van der Waals surface area contributed by atoms with Crippen LogP contribution in [-0.4, -0.2) is 63.1 Å². The number of hydrogen-bond donors (Lipinski definition) is 3. The largest absolute Gasteiger partial charge is 0.476 e. The average molecular weight is 421 g/mol. The molecule has 1 aliphatic heterocycles. The van der Waals surface area contributed by atoms with Crippen molar-refractivity contribution in [3.05, 3.63) is 60.3 Å². The van der Waals surface area contributed by atoms with Crippen molar-refractivity contribution < 1.29 is 14.3 Å². The molecule has 3 N–H and O–H groups in total. The number of ether oxygens (including phenoxy) is 1. The van der Waals surface area contributed by atoms with E-state index in [0.717, 1.165) is 19.6 Å². The molecule has 3 aromatic heterocycles. The predicted octanol–water partition coefficient (Wildman–Crippen LogP) is 2.18. The van der Waals surface area contributed by atoms with Crippen LogP contribution < -0.4 is 15.4 Å². The normalized spacial score (nSPS) is 13.7. The van der Waals surface area contributed by atoms with E-state index >= 15 is 0 Å². The Kier molecular flexibility index (Phi) is 6.48. The summed E-state index contributed by atoms with van der Waals surface area (Å²) in [7, 11) is 0. The number of nitrogens with zero attached hydrogens (tertiary/aromatic N) is 4. The summed E-state index contributed by atoms with van der Waals surface area (Å²) in [5, 5.41) is 11.9. The van der Waals surface area contributed by atoms with Crippen molar-refractivity contribution >= 4 is 23.2 Å². The highest BCUT2D eigenvalue weighted by molar-refractivity contribution is 6.11. The molecular weight excluding hydrogens is 398 g/mol. The monoisotopic (exact) mass is 421 g/mol. The number of aromatic nitrogens is 4. The van der Waals surface area contributed by atoms with Crippen molar-refractivity contribution in [3.8, 4) is 5.88 Å². The van der Waals surface area contributed by atoms with Gasteiger partial charge in [0.15, 0.2) is 0 Å². The van der Waals surface area contributed by atoms with Crippen LogP contribution in [0.2, 0.25) is 0 Å². The van der Waals surface area contributed by atoms with Crippen molar-refractivity contribution in [2.75, 3.05) is 36.9 Å². The molecule has 0 radical (unpaired) electrons. The van der Waals surface area contributed by atoms with Gasteiger partial charge in [0, 0.05) is 30.6 Å². The SMILES string of the molecule is O=C(Nc1cn[nH]c1C(=O)Nc1ccc(OCCN2CCCC2)nc1)c1ccncc1. The molecule has 1 saturated heterocycles. The molecule has 10 heteroatoms. The zero-order valence-corrected chi connectivity index (χ0v) is 16.9. The minimum Gasteiger partial charge on any atom is -0.476 e. The van der Waals surface area contributed by atoms with Gasteiger partial charge in [-0.05, 0) is 44.1 Å².